The first kappa shape index (κ1) is 13.7. The van der Waals surface area contributed by atoms with Gasteiger partial charge in [-0.05, 0) is 26.0 Å². The number of amides is 1. The average Bonchev–Trinajstić information content (AvgIpc) is 2.94. The van der Waals surface area contributed by atoms with E-state index in [1.807, 2.05) is 49.1 Å². The fourth-order valence-electron chi connectivity index (χ4n) is 2.52. The Morgan fingerprint density at radius 3 is 2.33 bits per heavy atom. The molecule has 110 valence electrons. The maximum Gasteiger partial charge on any atom is 0.253 e. The Kier molecular flexibility index (Phi) is 3.64. The summed E-state index contributed by atoms with van der Waals surface area (Å²) in [5.41, 5.74) is 1.92. The lowest BCUT2D eigenvalue weighted by Gasteiger charge is -2.34. The van der Waals surface area contributed by atoms with Crippen LogP contribution in [0.15, 0.2) is 34.9 Å². The van der Waals surface area contributed by atoms with E-state index in [1.54, 1.807) is 0 Å². The van der Waals surface area contributed by atoms with Crippen LogP contribution in [0, 0.1) is 13.8 Å². The molecule has 21 heavy (non-hydrogen) atoms. The van der Waals surface area contributed by atoms with Crippen molar-refractivity contribution in [1.82, 2.24) is 10.1 Å². The molecule has 0 aliphatic carbocycles. The Morgan fingerprint density at radius 1 is 1.10 bits per heavy atom. The Morgan fingerprint density at radius 2 is 1.76 bits per heavy atom. The van der Waals surface area contributed by atoms with Crippen molar-refractivity contribution >= 4 is 11.7 Å². The van der Waals surface area contributed by atoms with Gasteiger partial charge >= 0.3 is 0 Å². The molecule has 1 aromatic carbocycles. The number of carbonyl (C=O) groups excluding carboxylic acids is 1. The van der Waals surface area contributed by atoms with Gasteiger partial charge in [-0.1, -0.05) is 22.9 Å². The van der Waals surface area contributed by atoms with Crippen molar-refractivity contribution < 1.29 is 9.32 Å². The standard InChI is InChI=1S/C16H19N3O2/c1-12-3-5-14(6-4-12)16(20)19-9-7-18(8-10-19)15-11-13(2)21-17-15/h3-6,11H,7-10H2,1-2H3. The minimum Gasteiger partial charge on any atom is -0.360 e. The second-order valence-corrected chi connectivity index (χ2v) is 5.44. The molecule has 0 unspecified atom stereocenters. The van der Waals surface area contributed by atoms with Gasteiger partial charge in [-0.3, -0.25) is 4.79 Å². The van der Waals surface area contributed by atoms with E-state index in [1.165, 1.54) is 0 Å². The van der Waals surface area contributed by atoms with Crippen LogP contribution in [0.3, 0.4) is 0 Å². The van der Waals surface area contributed by atoms with Crippen LogP contribution >= 0.6 is 0 Å². The molecular formula is C16H19N3O2. The molecular weight excluding hydrogens is 266 g/mol. The van der Waals surface area contributed by atoms with E-state index in [9.17, 15) is 4.79 Å². The second kappa shape index (κ2) is 5.60. The summed E-state index contributed by atoms with van der Waals surface area (Å²) in [4.78, 5) is 16.5. The van der Waals surface area contributed by atoms with Crippen LogP contribution in [0.2, 0.25) is 0 Å². The second-order valence-electron chi connectivity index (χ2n) is 5.44. The maximum absolute atomic E-state index is 12.4. The van der Waals surface area contributed by atoms with Crippen LogP contribution in [0.25, 0.3) is 0 Å². The molecule has 0 saturated carbocycles. The number of aryl methyl sites for hydroxylation is 2. The van der Waals surface area contributed by atoms with Gasteiger partial charge in [0.1, 0.15) is 5.76 Å². The zero-order valence-electron chi connectivity index (χ0n) is 12.4. The predicted molar refractivity (Wildman–Crippen MR) is 80.5 cm³/mol. The molecule has 0 radical (unpaired) electrons. The van der Waals surface area contributed by atoms with Gasteiger partial charge in [0, 0.05) is 37.8 Å². The lowest BCUT2D eigenvalue weighted by atomic mass is 10.1. The SMILES string of the molecule is Cc1ccc(C(=O)N2CCN(c3cc(C)on3)CC2)cc1. The highest BCUT2D eigenvalue weighted by atomic mass is 16.5. The fourth-order valence-corrected chi connectivity index (χ4v) is 2.52. The summed E-state index contributed by atoms with van der Waals surface area (Å²) < 4.78 is 5.10. The largest absolute Gasteiger partial charge is 0.360 e. The number of hydrogen-bond acceptors (Lipinski definition) is 4. The van der Waals surface area contributed by atoms with Crippen molar-refractivity contribution in [1.29, 1.82) is 0 Å². The maximum atomic E-state index is 12.4. The minimum atomic E-state index is 0.103. The highest BCUT2D eigenvalue weighted by Crippen LogP contribution is 2.17. The fraction of sp³-hybridized carbons (Fsp3) is 0.375. The number of aromatic nitrogens is 1. The number of hydrogen-bond donors (Lipinski definition) is 0. The smallest absolute Gasteiger partial charge is 0.253 e. The van der Waals surface area contributed by atoms with Crippen LogP contribution < -0.4 is 4.90 Å². The normalized spacial score (nSPS) is 15.3. The Labute approximate surface area is 124 Å². The van der Waals surface area contributed by atoms with E-state index in [-0.39, 0.29) is 5.91 Å². The number of nitrogens with zero attached hydrogens (tertiary/aromatic N) is 3. The summed E-state index contributed by atoms with van der Waals surface area (Å²) in [5.74, 6) is 1.77. The molecule has 1 aromatic heterocycles. The topological polar surface area (TPSA) is 49.6 Å². The van der Waals surface area contributed by atoms with Gasteiger partial charge in [0.15, 0.2) is 5.82 Å². The van der Waals surface area contributed by atoms with Gasteiger partial charge < -0.3 is 14.3 Å². The van der Waals surface area contributed by atoms with E-state index in [0.29, 0.717) is 13.1 Å². The van der Waals surface area contributed by atoms with E-state index >= 15 is 0 Å². The first-order chi connectivity index (χ1) is 10.1. The Hall–Kier alpha value is -2.30. The van der Waals surface area contributed by atoms with Gasteiger partial charge in [-0.25, -0.2) is 0 Å². The summed E-state index contributed by atoms with van der Waals surface area (Å²) >= 11 is 0. The number of benzene rings is 1. The molecule has 1 amide bonds. The molecule has 1 saturated heterocycles. The lowest BCUT2D eigenvalue weighted by Crippen LogP contribution is -2.48. The molecule has 2 heterocycles. The molecule has 1 fully saturated rings. The van der Waals surface area contributed by atoms with Crippen molar-refractivity contribution in [3.8, 4) is 0 Å². The zero-order valence-corrected chi connectivity index (χ0v) is 12.4. The number of anilines is 1. The monoisotopic (exact) mass is 285 g/mol. The Balaban J connectivity index is 1.63. The summed E-state index contributed by atoms with van der Waals surface area (Å²) in [6.45, 7) is 6.88. The van der Waals surface area contributed by atoms with E-state index in [0.717, 1.165) is 35.8 Å². The molecule has 2 aromatic rings. The average molecular weight is 285 g/mol. The number of carbonyl (C=O) groups is 1. The summed E-state index contributed by atoms with van der Waals surface area (Å²) in [6, 6.07) is 9.66. The summed E-state index contributed by atoms with van der Waals surface area (Å²) in [6.07, 6.45) is 0. The van der Waals surface area contributed by atoms with Crippen LogP contribution in [0.1, 0.15) is 21.7 Å². The number of rotatable bonds is 2. The molecule has 3 rings (SSSR count). The van der Waals surface area contributed by atoms with Crippen molar-refractivity contribution in [2.45, 2.75) is 13.8 Å². The quantitative estimate of drug-likeness (QED) is 0.849. The molecule has 0 spiro atoms. The Bertz CT molecular complexity index is 625. The van der Waals surface area contributed by atoms with E-state index < -0.39 is 0 Å². The van der Waals surface area contributed by atoms with Crippen molar-refractivity contribution in [3.63, 3.8) is 0 Å². The van der Waals surface area contributed by atoms with Crippen LogP contribution in [-0.2, 0) is 0 Å². The van der Waals surface area contributed by atoms with Gasteiger partial charge in [-0.2, -0.15) is 0 Å². The van der Waals surface area contributed by atoms with Crippen LogP contribution in [0.5, 0.6) is 0 Å². The highest BCUT2D eigenvalue weighted by molar-refractivity contribution is 5.94. The summed E-state index contributed by atoms with van der Waals surface area (Å²) in [5, 5.41) is 4.02. The minimum absolute atomic E-state index is 0.103. The van der Waals surface area contributed by atoms with Gasteiger partial charge in [0.25, 0.3) is 5.91 Å². The highest BCUT2D eigenvalue weighted by Gasteiger charge is 2.23. The molecule has 1 aliphatic rings. The zero-order chi connectivity index (χ0) is 14.8. The van der Waals surface area contributed by atoms with Gasteiger partial charge in [-0.15, -0.1) is 0 Å². The predicted octanol–water partition coefficient (Wildman–Crippen LogP) is 2.25. The van der Waals surface area contributed by atoms with Crippen molar-refractivity contribution in [2.24, 2.45) is 0 Å². The molecule has 0 N–H and O–H groups in total. The molecule has 0 atom stereocenters. The van der Waals surface area contributed by atoms with Gasteiger partial charge in [0.05, 0.1) is 0 Å². The molecule has 5 heteroatoms. The summed E-state index contributed by atoms with van der Waals surface area (Å²) in [7, 11) is 0. The molecule has 1 aliphatic heterocycles. The first-order valence-corrected chi connectivity index (χ1v) is 7.18. The van der Waals surface area contributed by atoms with Crippen LogP contribution in [-0.4, -0.2) is 42.1 Å². The van der Waals surface area contributed by atoms with Crippen molar-refractivity contribution in [2.75, 3.05) is 31.1 Å². The van der Waals surface area contributed by atoms with Crippen LogP contribution in [0.4, 0.5) is 5.82 Å². The first-order valence-electron chi connectivity index (χ1n) is 7.18. The van der Waals surface area contributed by atoms with E-state index in [4.69, 9.17) is 4.52 Å². The molecule has 0 bridgehead atoms. The third-order valence-corrected chi connectivity index (χ3v) is 3.80. The number of piperazine rings is 1. The lowest BCUT2D eigenvalue weighted by molar-refractivity contribution is 0.0746. The molecule has 5 nitrogen and oxygen atoms in total. The third kappa shape index (κ3) is 2.91. The third-order valence-electron chi connectivity index (χ3n) is 3.80. The van der Waals surface area contributed by atoms with E-state index in [2.05, 4.69) is 10.1 Å². The van der Waals surface area contributed by atoms with Crippen molar-refractivity contribution in [3.05, 3.63) is 47.2 Å². The van der Waals surface area contributed by atoms with Gasteiger partial charge in [0.2, 0.25) is 0 Å².